The first-order chi connectivity index (χ1) is 15.6. The zero-order valence-electron chi connectivity index (χ0n) is 17.7. The van der Waals surface area contributed by atoms with Gasteiger partial charge in [-0.05, 0) is 5.56 Å². The minimum absolute atomic E-state index is 0.109. The van der Waals surface area contributed by atoms with Crippen LogP contribution in [0.25, 0.3) is 0 Å². The second kappa shape index (κ2) is 12.1. The highest BCUT2D eigenvalue weighted by Crippen LogP contribution is 2.20. The maximum absolute atomic E-state index is 12.4. The van der Waals surface area contributed by atoms with E-state index in [1.54, 1.807) is 30.3 Å². The van der Waals surface area contributed by atoms with Crippen LogP contribution in [0.4, 0.5) is 4.79 Å². The fraction of sp³-hybridized carbons (Fsp3) is 0.500. The molecule has 0 spiro atoms. The van der Waals surface area contributed by atoms with Crippen LogP contribution < -0.4 is 16.0 Å². The third-order valence-corrected chi connectivity index (χ3v) is 4.79. The number of rotatable bonds is 9. The molecule has 1 aliphatic rings. The number of hydrogen-bond donors (Lipinski definition) is 7. The van der Waals surface area contributed by atoms with Crippen molar-refractivity contribution in [3.8, 4) is 0 Å². The summed E-state index contributed by atoms with van der Waals surface area (Å²) < 4.78 is 10.3. The molecule has 0 unspecified atom stereocenters. The molecule has 1 aromatic rings. The van der Waals surface area contributed by atoms with Crippen molar-refractivity contribution in [2.45, 2.75) is 56.6 Å². The lowest BCUT2D eigenvalue weighted by Gasteiger charge is -2.42. The number of carboxylic acids is 1. The first-order valence-corrected chi connectivity index (χ1v) is 10.0. The third-order valence-electron chi connectivity index (χ3n) is 4.79. The van der Waals surface area contributed by atoms with E-state index in [0.29, 0.717) is 5.56 Å². The minimum atomic E-state index is -1.65. The van der Waals surface area contributed by atoms with Gasteiger partial charge >= 0.3 is 12.1 Å². The number of aliphatic carboxylic acids is 1. The number of carbonyl (C=O) groups excluding carboxylic acids is 3. The third kappa shape index (κ3) is 7.68. The lowest BCUT2D eigenvalue weighted by Crippen LogP contribution is -2.68. The summed E-state index contributed by atoms with van der Waals surface area (Å²) in [5.41, 5.74) is 0.676. The highest BCUT2D eigenvalue weighted by atomic mass is 16.6. The molecule has 1 aliphatic heterocycles. The van der Waals surface area contributed by atoms with Crippen LogP contribution in [-0.4, -0.2) is 87.5 Å². The second-order valence-electron chi connectivity index (χ2n) is 7.35. The Bertz CT molecular complexity index is 837. The van der Waals surface area contributed by atoms with Gasteiger partial charge in [0.2, 0.25) is 11.8 Å². The van der Waals surface area contributed by atoms with Gasteiger partial charge in [-0.3, -0.25) is 9.59 Å². The molecule has 1 heterocycles. The smallest absolute Gasteiger partial charge is 0.408 e. The zero-order chi connectivity index (χ0) is 24.5. The summed E-state index contributed by atoms with van der Waals surface area (Å²) in [7, 11) is 0. The molecule has 7 N–H and O–H groups in total. The summed E-state index contributed by atoms with van der Waals surface area (Å²) in [5.74, 6) is -3.01. The van der Waals surface area contributed by atoms with Gasteiger partial charge in [0.25, 0.3) is 0 Å². The summed E-state index contributed by atoms with van der Waals surface area (Å²) in [6.07, 6.45) is -7.58. The van der Waals surface area contributed by atoms with Crippen LogP contribution in [0.1, 0.15) is 18.9 Å². The van der Waals surface area contributed by atoms with Crippen molar-refractivity contribution in [2.75, 3.05) is 6.61 Å². The maximum Gasteiger partial charge on any atom is 0.408 e. The highest BCUT2D eigenvalue weighted by molar-refractivity contribution is 5.87. The van der Waals surface area contributed by atoms with Crippen LogP contribution in [0.15, 0.2) is 30.3 Å². The number of nitrogens with one attached hydrogen (secondary N) is 3. The van der Waals surface area contributed by atoms with E-state index in [1.165, 1.54) is 0 Å². The monoisotopic (exact) mass is 469 g/mol. The van der Waals surface area contributed by atoms with Gasteiger partial charge in [-0.2, -0.15) is 0 Å². The van der Waals surface area contributed by atoms with E-state index in [0.717, 1.165) is 6.92 Å². The Kier molecular flexibility index (Phi) is 9.54. The van der Waals surface area contributed by atoms with Gasteiger partial charge in [0.15, 0.2) is 6.23 Å². The average Bonchev–Trinajstić information content (AvgIpc) is 2.77. The molecular formula is C20H27N3O10. The van der Waals surface area contributed by atoms with E-state index in [4.69, 9.17) is 9.47 Å². The number of carbonyl (C=O) groups is 4. The van der Waals surface area contributed by atoms with Gasteiger partial charge in [-0.1, -0.05) is 30.3 Å². The van der Waals surface area contributed by atoms with Crippen LogP contribution in [0.5, 0.6) is 0 Å². The van der Waals surface area contributed by atoms with Crippen molar-refractivity contribution in [2.24, 2.45) is 0 Å². The molecule has 33 heavy (non-hydrogen) atoms. The van der Waals surface area contributed by atoms with Crippen LogP contribution in [-0.2, 0) is 30.5 Å². The molecule has 1 fully saturated rings. The molecule has 0 radical (unpaired) electrons. The van der Waals surface area contributed by atoms with Crippen molar-refractivity contribution in [1.29, 1.82) is 0 Å². The first kappa shape index (κ1) is 26.0. The van der Waals surface area contributed by atoms with Crippen molar-refractivity contribution in [3.05, 3.63) is 35.9 Å². The van der Waals surface area contributed by atoms with E-state index in [9.17, 15) is 39.6 Å². The van der Waals surface area contributed by atoms with Gasteiger partial charge in [-0.15, -0.1) is 0 Å². The number of alkyl carbamates (subject to hydrolysis) is 1. The van der Waals surface area contributed by atoms with Crippen LogP contribution >= 0.6 is 0 Å². The Hall–Kier alpha value is -3.26. The summed E-state index contributed by atoms with van der Waals surface area (Å²) >= 11 is 0. The quantitative estimate of drug-likeness (QED) is 0.208. The molecule has 0 aromatic heterocycles. The molecule has 13 nitrogen and oxygen atoms in total. The molecular weight excluding hydrogens is 442 g/mol. The molecule has 1 saturated heterocycles. The number of aliphatic hydroxyl groups is 3. The Morgan fingerprint density at radius 2 is 1.76 bits per heavy atom. The molecule has 0 aliphatic carbocycles. The van der Waals surface area contributed by atoms with Gasteiger partial charge in [0, 0.05) is 6.92 Å². The Morgan fingerprint density at radius 1 is 1.09 bits per heavy atom. The topological polar surface area (TPSA) is 204 Å². The lowest BCUT2D eigenvalue weighted by atomic mass is 9.95. The van der Waals surface area contributed by atoms with E-state index >= 15 is 0 Å². The average molecular weight is 469 g/mol. The Labute approximate surface area is 188 Å². The van der Waals surface area contributed by atoms with Crippen molar-refractivity contribution >= 4 is 23.9 Å². The minimum Gasteiger partial charge on any atom is -0.480 e. The lowest BCUT2D eigenvalue weighted by molar-refractivity contribution is -0.203. The zero-order valence-corrected chi connectivity index (χ0v) is 17.7. The molecule has 0 saturated carbocycles. The normalized spacial score (nSPS) is 25.4. The molecule has 3 amide bonds. The number of amides is 3. The Morgan fingerprint density at radius 3 is 2.33 bits per heavy atom. The predicted octanol–water partition coefficient (Wildman–Crippen LogP) is -2.18. The van der Waals surface area contributed by atoms with E-state index in [2.05, 4.69) is 16.0 Å². The van der Waals surface area contributed by atoms with Crippen LogP contribution in [0.2, 0.25) is 0 Å². The molecule has 1 aromatic carbocycles. The molecule has 13 heteroatoms. The number of ether oxygens (including phenoxy) is 2. The second-order valence-corrected chi connectivity index (χ2v) is 7.35. The summed E-state index contributed by atoms with van der Waals surface area (Å²) in [4.78, 5) is 47.3. The largest absolute Gasteiger partial charge is 0.480 e. The van der Waals surface area contributed by atoms with Gasteiger partial charge < -0.3 is 45.9 Å². The van der Waals surface area contributed by atoms with Gasteiger partial charge in [0.05, 0.1) is 13.0 Å². The summed E-state index contributed by atoms with van der Waals surface area (Å²) in [6, 6.07) is 5.72. The van der Waals surface area contributed by atoms with E-state index in [-0.39, 0.29) is 6.61 Å². The number of benzene rings is 1. The Balaban J connectivity index is 1.98. The fourth-order valence-corrected chi connectivity index (χ4v) is 3.15. The predicted molar refractivity (Wildman–Crippen MR) is 109 cm³/mol. The molecule has 2 rings (SSSR count). The van der Waals surface area contributed by atoms with Crippen molar-refractivity contribution in [3.63, 3.8) is 0 Å². The highest BCUT2D eigenvalue weighted by Gasteiger charge is 2.45. The first-order valence-electron chi connectivity index (χ1n) is 10.0. The standard InChI is InChI=1S/C20H27N3O10/c1-10(25)21-15-17(28)16(27)13(8-24)33-18(15)23-14(26)7-12(19(29)30)22-20(31)32-9-11-5-3-2-4-6-11/h2-6,12-13,15-18,24,27-28H,7-9H2,1H3,(H,21,25)(H,22,31)(H,23,26)(H,29,30)/t12-,13+,15+,16+,17+,18+/m0/s1. The summed E-state index contributed by atoms with van der Waals surface area (Å²) in [6.45, 7) is 0.341. The van der Waals surface area contributed by atoms with Crippen molar-refractivity contribution < 1.29 is 49.1 Å². The van der Waals surface area contributed by atoms with Gasteiger partial charge in [0.1, 0.15) is 37.0 Å². The van der Waals surface area contributed by atoms with Crippen LogP contribution in [0, 0.1) is 0 Å². The number of carboxylic acid groups (broad SMARTS) is 1. The maximum atomic E-state index is 12.4. The van der Waals surface area contributed by atoms with Gasteiger partial charge in [-0.25, -0.2) is 9.59 Å². The SMILES string of the molecule is CC(=O)N[C@@H]1[C@@H](O)[C@H](O)[C@@H](CO)O[C@H]1NC(=O)C[C@H](NC(=O)OCc1ccccc1)C(=O)O. The van der Waals surface area contributed by atoms with Crippen LogP contribution in [0.3, 0.4) is 0 Å². The number of hydrogen-bond acceptors (Lipinski definition) is 9. The van der Waals surface area contributed by atoms with E-state index < -0.39 is 73.5 Å². The summed E-state index contributed by atoms with van der Waals surface area (Å²) in [5, 5.41) is 45.6. The fourth-order valence-electron chi connectivity index (χ4n) is 3.15. The van der Waals surface area contributed by atoms with Crippen molar-refractivity contribution in [1.82, 2.24) is 16.0 Å². The van der Waals surface area contributed by atoms with E-state index in [1.807, 2.05) is 0 Å². The molecule has 6 atom stereocenters. The number of aliphatic hydroxyl groups excluding tert-OH is 3. The molecule has 0 bridgehead atoms. The molecule has 182 valence electrons.